The van der Waals surface area contributed by atoms with Crippen molar-refractivity contribution in [3.8, 4) is 0 Å². The highest BCUT2D eigenvalue weighted by Crippen LogP contribution is 2.25. The minimum Gasteiger partial charge on any atom is -0.392 e. The van der Waals surface area contributed by atoms with E-state index in [1.54, 1.807) is 18.3 Å². The molecule has 72 valence electrons. The average Bonchev–Trinajstić information content (AvgIpc) is 2.59. The number of hydrogen-bond acceptors (Lipinski definition) is 2. The molecule has 0 aliphatic heterocycles. The van der Waals surface area contributed by atoms with Gasteiger partial charge in [-0.1, -0.05) is 23.8 Å². The van der Waals surface area contributed by atoms with Crippen molar-refractivity contribution >= 4 is 28.7 Å². The van der Waals surface area contributed by atoms with Gasteiger partial charge >= 0.3 is 0 Å². The Kier molecular flexibility index (Phi) is 2.52. The van der Waals surface area contributed by atoms with Gasteiger partial charge in [0.2, 0.25) is 0 Å². The molecule has 2 N–H and O–H groups in total. The molecule has 2 heterocycles. The molecule has 2 aromatic rings. The van der Waals surface area contributed by atoms with E-state index in [1.807, 2.05) is 12.3 Å². The van der Waals surface area contributed by atoms with Crippen LogP contribution in [-0.4, -0.2) is 21.7 Å². The molecular weight excluding hydrogens is 200 g/mol. The summed E-state index contributed by atoms with van der Waals surface area (Å²) in [7, 11) is 0. The normalized spacial score (nSPS) is 11.6. The number of halogens is 1. The highest BCUT2D eigenvalue weighted by Gasteiger charge is 2.04. The first-order valence-electron chi connectivity index (χ1n) is 4.22. The van der Waals surface area contributed by atoms with Gasteiger partial charge < -0.3 is 10.1 Å². The summed E-state index contributed by atoms with van der Waals surface area (Å²) in [5.74, 6) is 0. The van der Waals surface area contributed by atoms with E-state index in [1.165, 1.54) is 0 Å². The molecule has 0 amide bonds. The fourth-order valence-corrected chi connectivity index (χ4v) is 1.61. The third-order valence-corrected chi connectivity index (χ3v) is 2.27. The summed E-state index contributed by atoms with van der Waals surface area (Å²) in [6.07, 6.45) is 6.94. The van der Waals surface area contributed by atoms with Crippen molar-refractivity contribution in [2.45, 2.75) is 0 Å². The highest BCUT2D eigenvalue weighted by molar-refractivity contribution is 6.35. The van der Waals surface area contributed by atoms with Crippen LogP contribution in [0.25, 0.3) is 17.1 Å². The van der Waals surface area contributed by atoms with Crippen LogP contribution in [0.15, 0.2) is 24.5 Å². The van der Waals surface area contributed by atoms with Gasteiger partial charge in [-0.3, -0.25) is 0 Å². The SMILES string of the molecule is OCC=Cc1c[nH]c2nccc(Cl)c12. The van der Waals surface area contributed by atoms with Gasteiger partial charge in [0, 0.05) is 23.3 Å². The number of aromatic amines is 1. The van der Waals surface area contributed by atoms with Crippen LogP contribution < -0.4 is 0 Å². The number of aromatic nitrogens is 2. The standard InChI is InChI=1S/C10H9ClN2O/c11-8-3-4-12-10-9(8)7(6-13-10)2-1-5-14/h1-4,6,14H,5H2,(H,12,13). The number of fused-ring (bicyclic) bond motifs is 1. The minimum atomic E-state index is 0.0184. The second kappa shape index (κ2) is 3.82. The second-order valence-electron chi connectivity index (χ2n) is 2.85. The lowest BCUT2D eigenvalue weighted by Gasteiger charge is -1.93. The van der Waals surface area contributed by atoms with E-state index in [9.17, 15) is 0 Å². The predicted molar refractivity (Wildman–Crippen MR) is 57.2 cm³/mol. The van der Waals surface area contributed by atoms with Gasteiger partial charge in [0.1, 0.15) is 5.65 Å². The Morgan fingerprint density at radius 2 is 2.43 bits per heavy atom. The van der Waals surface area contributed by atoms with Crippen LogP contribution in [0.3, 0.4) is 0 Å². The molecule has 2 aromatic heterocycles. The summed E-state index contributed by atoms with van der Waals surface area (Å²) in [6.45, 7) is 0.0184. The number of rotatable bonds is 2. The summed E-state index contributed by atoms with van der Waals surface area (Å²) in [6, 6.07) is 1.74. The lowest BCUT2D eigenvalue weighted by atomic mass is 10.2. The Morgan fingerprint density at radius 1 is 1.57 bits per heavy atom. The summed E-state index contributed by atoms with van der Waals surface area (Å²) in [5, 5.41) is 10.2. The number of H-pyrrole nitrogens is 1. The van der Waals surface area contributed by atoms with Gasteiger partial charge in [0.15, 0.2) is 0 Å². The molecule has 2 rings (SSSR count). The Hall–Kier alpha value is -1.32. The summed E-state index contributed by atoms with van der Waals surface area (Å²) in [5.41, 5.74) is 1.70. The first-order valence-corrected chi connectivity index (χ1v) is 4.59. The van der Waals surface area contributed by atoms with Gasteiger partial charge in [0.05, 0.1) is 11.6 Å². The first-order chi connectivity index (χ1) is 6.83. The Labute approximate surface area is 86.0 Å². The van der Waals surface area contributed by atoms with E-state index in [-0.39, 0.29) is 6.61 Å². The summed E-state index contributed by atoms with van der Waals surface area (Å²) >= 11 is 6.03. The van der Waals surface area contributed by atoms with E-state index in [0.29, 0.717) is 5.02 Å². The van der Waals surface area contributed by atoms with Gasteiger partial charge in [0.25, 0.3) is 0 Å². The number of aliphatic hydroxyl groups is 1. The molecule has 0 fully saturated rings. The quantitative estimate of drug-likeness (QED) is 0.795. The van der Waals surface area contributed by atoms with E-state index in [0.717, 1.165) is 16.6 Å². The van der Waals surface area contributed by atoms with E-state index >= 15 is 0 Å². The zero-order valence-electron chi connectivity index (χ0n) is 7.37. The minimum absolute atomic E-state index is 0.0184. The molecule has 0 radical (unpaired) electrons. The van der Waals surface area contributed by atoms with E-state index in [2.05, 4.69) is 9.97 Å². The lowest BCUT2D eigenvalue weighted by Crippen LogP contribution is -1.77. The van der Waals surface area contributed by atoms with Crippen LogP contribution in [0.2, 0.25) is 5.02 Å². The molecule has 0 unspecified atom stereocenters. The summed E-state index contributed by atoms with van der Waals surface area (Å²) < 4.78 is 0. The zero-order valence-corrected chi connectivity index (χ0v) is 8.12. The lowest BCUT2D eigenvalue weighted by molar-refractivity contribution is 0.343. The Bertz CT molecular complexity index is 476. The van der Waals surface area contributed by atoms with Gasteiger partial charge in [-0.2, -0.15) is 0 Å². The monoisotopic (exact) mass is 208 g/mol. The molecule has 0 aliphatic rings. The second-order valence-corrected chi connectivity index (χ2v) is 3.25. The maximum atomic E-state index is 8.66. The van der Waals surface area contributed by atoms with Gasteiger partial charge in [-0.25, -0.2) is 4.98 Å². The van der Waals surface area contributed by atoms with Crippen LogP contribution in [0, 0.1) is 0 Å². The molecule has 14 heavy (non-hydrogen) atoms. The van der Waals surface area contributed by atoms with Crippen molar-refractivity contribution in [3.05, 3.63) is 35.1 Å². The number of aliphatic hydroxyl groups excluding tert-OH is 1. The third-order valence-electron chi connectivity index (χ3n) is 1.96. The summed E-state index contributed by atoms with van der Waals surface area (Å²) in [4.78, 5) is 7.14. The van der Waals surface area contributed by atoms with Crippen molar-refractivity contribution < 1.29 is 5.11 Å². The number of nitrogens with one attached hydrogen (secondary N) is 1. The fraction of sp³-hybridized carbons (Fsp3) is 0.100. The molecule has 3 nitrogen and oxygen atoms in total. The fourth-order valence-electron chi connectivity index (χ4n) is 1.35. The van der Waals surface area contributed by atoms with Gasteiger partial charge in [-0.05, 0) is 6.07 Å². The van der Waals surface area contributed by atoms with E-state index < -0.39 is 0 Å². The molecular formula is C10H9ClN2O. The third kappa shape index (κ3) is 1.52. The smallest absolute Gasteiger partial charge is 0.139 e. The largest absolute Gasteiger partial charge is 0.392 e. The molecule has 0 aromatic carbocycles. The van der Waals surface area contributed by atoms with Crippen molar-refractivity contribution in [2.75, 3.05) is 6.61 Å². The van der Waals surface area contributed by atoms with Crippen LogP contribution in [0.4, 0.5) is 0 Å². The van der Waals surface area contributed by atoms with Crippen LogP contribution in [0.1, 0.15) is 5.56 Å². The van der Waals surface area contributed by atoms with Gasteiger partial charge in [-0.15, -0.1) is 0 Å². The van der Waals surface area contributed by atoms with Crippen LogP contribution in [0.5, 0.6) is 0 Å². The van der Waals surface area contributed by atoms with Crippen molar-refractivity contribution in [3.63, 3.8) is 0 Å². The van der Waals surface area contributed by atoms with Crippen LogP contribution >= 0.6 is 11.6 Å². The maximum Gasteiger partial charge on any atom is 0.139 e. The molecule has 0 spiro atoms. The van der Waals surface area contributed by atoms with Crippen molar-refractivity contribution in [1.82, 2.24) is 9.97 Å². The highest BCUT2D eigenvalue weighted by atomic mass is 35.5. The van der Waals surface area contributed by atoms with Crippen LogP contribution in [-0.2, 0) is 0 Å². The molecule has 0 bridgehead atoms. The maximum absolute atomic E-state index is 8.66. The number of pyridine rings is 1. The predicted octanol–water partition coefficient (Wildman–Crippen LogP) is 2.22. The first kappa shape index (κ1) is 9.24. The topological polar surface area (TPSA) is 48.9 Å². The zero-order chi connectivity index (χ0) is 9.97. The molecule has 0 saturated heterocycles. The molecule has 4 heteroatoms. The Morgan fingerprint density at radius 3 is 3.21 bits per heavy atom. The number of hydrogen-bond donors (Lipinski definition) is 2. The molecule has 0 saturated carbocycles. The van der Waals surface area contributed by atoms with E-state index in [4.69, 9.17) is 16.7 Å². The molecule has 0 aliphatic carbocycles. The average molecular weight is 209 g/mol. The Balaban J connectivity index is 2.61. The molecule has 0 atom stereocenters. The van der Waals surface area contributed by atoms with Crippen molar-refractivity contribution in [1.29, 1.82) is 0 Å². The number of nitrogens with zero attached hydrogens (tertiary/aromatic N) is 1. The van der Waals surface area contributed by atoms with Crippen molar-refractivity contribution in [2.24, 2.45) is 0 Å².